The van der Waals surface area contributed by atoms with Gasteiger partial charge in [0.05, 0.1) is 0 Å². The van der Waals surface area contributed by atoms with Crippen LogP contribution in [0.25, 0.3) is 0 Å². The van der Waals surface area contributed by atoms with E-state index in [0.717, 1.165) is 31.9 Å². The number of hydrogen-bond donors (Lipinski definition) is 0. The van der Waals surface area contributed by atoms with Crippen LogP contribution in [-0.2, 0) is 4.79 Å². The summed E-state index contributed by atoms with van der Waals surface area (Å²) in [7, 11) is 0. The van der Waals surface area contributed by atoms with Gasteiger partial charge in [0.1, 0.15) is 5.88 Å². The molecule has 4 nitrogen and oxygen atoms in total. The van der Waals surface area contributed by atoms with E-state index in [-0.39, 0.29) is 11.8 Å². The van der Waals surface area contributed by atoms with Crippen molar-refractivity contribution in [1.82, 2.24) is 9.88 Å². The van der Waals surface area contributed by atoms with Gasteiger partial charge in [0.25, 0.3) is 0 Å². The van der Waals surface area contributed by atoms with Crippen molar-refractivity contribution in [3.63, 3.8) is 0 Å². The molecule has 0 spiro atoms. The minimum atomic E-state index is 0.0241. The zero-order valence-corrected chi connectivity index (χ0v) is 9.73. The molecule has 1 fully saturated rings. The summed E-state index contributed by atoms with van der Waals surface area (Å²) >= 11 is 5.53. The van der Waals surface area contributed by atoms with Crippen LogP contribution < -0.4 is 4.90 Å². The molecule has 2 rings (SSSR count). The Morgan fingerprint density at radius 1 is 1.25 bits per heavy atom. The van der Waals surface area contributed by atoms with Crippen molar-refractivity contribution in [2.45, 2.75) is 0 Å². The topological polar surface area (TPSA) is 36.4 Å². The Hall–Kier alpha value is -1.29. The number of hydrogen-bond acceptors (Lipinski definition) is 3. The summed E-state index contributed by atoms with van der Waals surface area (Å²) in [6.45, 7) is 3.20. The largest absolute Gasteiger partial charge is 0.368 e. The second kappa shape index (κ2) is 5.16. The van der Waals surface area contributed by atoms with Gasteiger partial charge in [0, 0.05) is 44.3 Å². The first-order valence-corrected chi connectivity index (χ1v) is 5.83. The molecule has 5 heteroatoms. The van der Waals surface area contributed by atoms with Gasteiger partial charge >= 0.3 is 0 Å². The zero-order chi connectivity index (χ0) is 11.4. The number of carbonyl (C=O) groups excluding carboxylic acids is 1. The fourth-order valence-electron chi connectivity index (χ4n) is 1.85. The molecule has 1 saturated heterocycles. The van der Waals surface area contributed by atoms with Crippen LogP contribution in [-0.4, -0.2) is 47.9 Å². The van der Waals surface area contributed by atoms with Crippen molar-refractivity contribution >= 4 is 23.2 Å². The molecule has 0 unspecified atom stereocenters. The third kappa shape index (κ3) is 2.44. The molecule has 0 atom stereocenters. The van der Waals surface area contributed by atoms with Crippen LogP contribution in [0.3, 0.4) is 0 Å². The molecule has 0 saturated carbocycles. The maximum atomic E-state index is 11.4. The molecule has 0 aliphatic carbocycles. The quantitative estimate of drug-likeness (QED) is 0.722. The highest BCUT2D eigenvalue weighted by molar-refractivity contribution is 6.27. The van der Waals surface area contributed by atoms with Gasteiger partial charge in [-0.3, -0.25) is 9.78 Å². The van der Waals surface area contributed by atoms with E-state index in [4.69, 9.17) is 11.6 Å². The van der Waals surface area contributed by atoms with Gasteiger partial charge in [-0.2, -0.15) is 0 Å². The molecule has 1 aliphatic rings. The SMILES string of the molecule is O=C(CCl)N1CCN(c2ccncc2)CC1. The molecular weight excluding hydrogens is 226 g/mol. The highest BCUT2D eigenvalue weighted by Gasteiger charge is 2.20. The fourth-order valence-corrected chi connectivity index (χ4v) is 2.02. The van der Waals surface area contributed by atoms with E-state index in [0.29, 0.717) is 0 Å². The molecule has 0 radical (unpaired) electrons. The van der Waals surface area contributed by atoms with Crippen molar-refractivity contribution in [1.29, 1.82) is 0 Å². The van der Waals surface area contributed by atoms with Gasteiger partial charge in [-0.05, 0) is 12.1 Å². The lowest BCUT2D eigenvalue weighted by Gasteiger charge is -2.35. The van der Waals surface area contributed by atoms with E-state index in [1.54, 1.807) is 12.4 Å². The number of anilines is 1. The van der Waals surface area contributed by atoms with Crippen molar-refractivity contribution in [2.75, 3.05) is 37.0 Å². The van der Waals surface area contributed by atoms with Crippen LogP contribution in [0.2, 0.25) is 0 Å². The number of carbonyl (C=O) groups is 1. The monoisotopic (exact) mass is 239 g/mol. The maximum Gasteiger partial charge on any atom is 0.237 e. The molecule has 2 heterocycles. The van der Waals surface area contributed by atoms with Crippen LogP contribution in [0.5, 0.6) is 0 Å². The first-order valence-electron chi connectivity index (χ1n) is 5.30. The first-order chi connectivity index (χ1) is 7.81. The van der Waals surface area contributed by atoms with Crippen LogP contribution in [0, 0.1) is 0 Å². The summed E-state index contributed by atoms with van der Waals surface area (Å²) in [5, 5.41) is 0. The third-order valence-electron chi connectivity index (χ3n) is 2.77. The van der Waals surface area contributed by atoms with Crippen LogP contribution in [0.1, 0.15) is 0 Å². The number of piperazine rings is 1. The number of halogens is 1. The van der Waals surface area contributed by atoms with Gasteiger partial charge in [0.2, 0.25) is 5.91 Å². The van der Waals surface area contributed by atoms with Gasteiger partial charge in [-0.15, -0.1) is 11.6 Å². The van der Waals surface area contributed by atoms with Gasteiger partial charge in [-0.25, -0.2) is 0 Å². The smallest absolute Gasteiger partial charge is 0.237 e. The Bertz CT molecular complexity index is 350. The number of alkyl halides is 1. The Morgan fingerprint density at radius 2 is 1.88 bits per heavy atom. The summed E-state index contributed by atoms with van der Waals surface area (Å²) in [6.07, 6.45) is 3.57. The number of nitrogens with zero attached hydrogens (tertiary/aromatic N) is 3. The van der Waals surface area contributed by atoms with Crippen LogP contribution in [0.4, 0.5) is 5.69 Å². The number of amides is 1. The molecule has 16 heavy (non-hydrogen) atoms. The molecule has 0 aromatic carbocycles. The van der Waals surface area contributed by atoms with Crippen molar-refractivity contribution in [2.24, 2.45) is 0 Å². The molecule has 0 bridgehead atoms. The second-order valence-electron chi connectivity index (χ2n) is 3.71. The number of aromatic nitrogens is 1. The molecule has 1 amide bonds. The Balaban J connectivity index is 1.93. The summed E-state index contributed by atoms with van der Waals surface area (Å²) in [6, 6.07) is 3.97. The van der Waals surface area contributed by atoms with E-state index >= 15 is 0 Å². The van der Waals surface area contributed by atoms with Crippen LogP contribution >= 0.6 is 11.6 Å². The lowest BCUT2D eigenvalue weighted by Crippen LogP contribution is -2.49. The van der Waals surface area contributed by atoms with Gasteiger partial charge in [-0.1, -0.05) is 0 Å². The van der Waals surface area contributed by atoms with Gasteiger partial charge < -0.3 is 9.80 Å². The van der Waals surface area contributed by atoms with Crippen molar-refractivity contribution < 1.29 is 4.79 Å². The minimum Gasteiger partial charge on any atom is -0.368 e. The van der Waals surface area contributed by atoms with E-state index in [2.05, 4.69) is 9.88 Å². The minimum absolute atomic E-state index is 0.0241. The Kier molecular flexibility index (Phi) is 3.62. The van der Waals surface area contributed by atoms with E-state index in [9.17, 15) is 4.79 Å². The van der Waals surface area contributed by atoms with Crippen molar-refractivity contribution in [3.05, 3.63) is 24.5 Å². The lowest BCUT2D eigenvalue weighted by atomic mass is 10.2. The summed E-state index contributed by atoms with van der Waals surface area (Å²) in [5.74, 6) is 0.103. The number of pyridine rings is 1. The molecule has 1 aliphatic heterocycles. The highest BCUT2D eigenvalue weighted by Crippen LogP contribution is 2.14. The first kappa shape index (κ1) is 11.2. The van der Waals surface area contributed by atoms with E-state index in [1.165, 1.54) is 0 Å². The standard InChI is InChI=1S/C11H14ClN3O/c12-9-11(16)15-7-5-14(6-8-15)10-1-3-13-4-2-10/h1-4H,5-9H2. The lowest BCUT2D eigenvalue weighted by molar-refractivity contribution is -0.128. The molecule has 0 N–H and O–H groups in total. The van der Waals surface area contributed by atoms with Crippen molar-refractivity contribution in [3.8, 4) is 0 Å². The molecular formula is C11H14ClN3O. The van der Waals surface area contributed by atoms with Gasteiger partial charge in [0.15, 0.2) is 0 Å². The van der Waals surface area contributed by atoms with E-state index < -0.39 is 0 Å². The zero-order valence-electron chi connectivity index (χ0n) is 8.97. The molecule has 1 aromatic heterocycles. The predicted octanol–water partition coefficient (Wildman–Crippen LogP) is 0.969. The average Bonchev–Trinajstić information content (AvgIpc) is 2.39. The molecule has 1 aromatic rings. The fraction of sp³-hybridized carbons (Fsp3) is 0.455. The third-order valence-corrected chi connectivity index (χ3v) is 3.00. The maximum absolute atomic E-state index is 11.4. The Morgan fingerprint density at radius 3 is 2.44 bits per heavy atom. The second-order valence-corrected chi connectivity index (χ2v) is 3.97. The summed E-state index contributed by atoms with van der Waals surface area (Å²) < 4.78 is 0. The van der Waals surface area contributed by atoms with Crippen LogP contribution in [0.15, 0.2) is 24.5 Å². The highest BCUT2D eigenvalue weighted by atomic mass is 35.5. The summed E-state index contributed by atoms with van der Waals surface area (Å²) in [5.41, 5.74) is 1.16. The summed E-state index contributed by atoms with van der Waals surface area (Å²) in [4.78, 5) is 19.4. The number of rotatable bonds is 2. The Labute approximate surface area is 99.8 Å². The predicted molar refractivity (Wildman–Crippen MR) is 63.8 cm³/mol. The molecule has 86 valence electrons. The normalized spacial score (nSPS) is 16.3. The average molecular weight is 240 g/mol. The van der Waals surface area contributed by atoms with E-state index in [1.807, 2.05) is 17.0 Å².